The molecule has 0 aromatic rings. The molecule has 2 rings (SSSR count). The summed E-state index contributed by atoms with van der Waals surface area (Å²) in [5.41, 5.74) is 3.77. The minimum atomic E-state index is 0.366. The Kier molecular flexibility index (Phi) is 45.5. The fourth-order valence-electron chi connectivity index (χ4n) is 4.79. The lowest BCUT2D eigenvalue weighted by Crippen LogP contribution is -2.22. The SMILES string of the molecule is C=C(/C=C\C=C(C)C)CC1CC(CC)C1.C=C(C)C(C)C#CCC.C=CC.C=CC(C)C(C)C.CC.CC.CC1CCC(C(C)C)CC1. The van der Waals surface area contributed by atoms with Gasteiger partial charge in [-0.3, -0.25) is 0 Å². The van der Waals surface area contributed by atoms with Gasteiger partial charge in [0.2, 0.25) is 0 Å². The van der Waals surface area contributed by atoms with E-state index in [0.29, 0.717) is 11.8 Å². The Morgan fingerprint density at radius 2 is 1.29 bits per heavy atom. The fourth-order valence-corrected chi connectivity index (χ4v) is 4.79. The van der Waals surface area contributed by atoms with Gasteiger partial charge in [0.05, 0.1) is 0 Å². The molecule has 0 heterocycles. The van der Waals surface area contributed by atoms with Crippen LogP contribution < -0.4 is 0 Å². The van der Waals surface area contributed by atoms with E-state index in [0.717, 1.165) is 47.5 Å². The maximum Gasteiger partial charge on any atom is 0.0378 e. The highest BCUT2D eigenvalue weighted by molar-refractivity contribution is 5.21. The first-order valence-electron chi connectivity index (χ1n) is 19.9. The number of allylic oxidation sites excluding steroid dienone is 8. The molecule has 2 atom stereocenters. The molecule has 0 heteroatoms. The van der Waals surface area contributed by atoms with Crippen molar-refractivity contribution in [3.8, 4) is 11.8 Å². The van der Waals surface area contributed by atoms with Gasteiger partial charge in [-0.1, -0.05) is 169 Å². The molecule has 2 fully saturated rings. The van der Waals surface area contributed by atoms with E-state index in [1.165, 1.54) is 62.5 Å². The normalized spacial score (nSPS) is 19.8. The summed E-state index contributed by atoms with van der Waals surface area (Å²) < 4.78 is 0. The van der Waals surface area contributed by atoms with Crippen molar-refractivity contribution in [1.29, 1.82) is 0 Å². The number of rotatable bonds is 9. The van der Waals surface area contributed by atoms with E-state index >= 15 is 0 Å². The van der Waals surface area contributed by atoms with Crippen molar-refractivity contribution >= 4 is 0 Å². The van der Waals surface area contributed by atoms with Gasteiger partial charge in [0.1, 0.15) is 0 Å². The quantitative estimate of drug-likeness (QED) is 0.130. The second kappa shape index (κ2) is 39.4. The van der Waals surface area contributed by atoms with Gasteiger partial charge in [-0.15, -0.1) is 19.1 Å². The Labute approximate surface area is 307 Å². The van der Waals surface area contributed by atoms with Gasteiger partial charge in [0.25, 0.3) is 0 Å². The predicted molar refractivity (Wildman–Crippen MR) is 230 cm³/mol. The summed E-state index contributed by atoms with van der Waals surface area (Å²) in [5, 5.41) is 0. The molecule has 0 aromatic carbocycles. The Morgan fingerprint density at radius 1 is 0.812 bits per heavy atom. The van der Waals surface area contributed by atoms with E-state index in [1.54, 1.807) is 6.08 Å². The van der Waals surface area contributed by atoms with Crippen LogP contribution in [0.25, 0.3) is 0 Å². The first kappa shape index (κ1) is 55.4. The maximum absolute atomic E-state index is 4.11. The summed E-state index contributed by atoms with van der Waals surface area (Å²) in [5.74, 6) is 12.8. The van der Waals surface area contributed by atoms with Crippen LogP contribution in [0.15, 0.2) is 73.4 Å². The zero-order valence-corrected chi connectivity index (χ0v) is 36.2. The van der Waals surface area contributed by atoms with Crippen LogP contribution in [0.4, 0.5) is 0 Å². The molecule has 0 nitrogen and oxygen atoms in total. The zero-order valence-electron chi connectivity index (χ0n) is 36.2. The first-order valence-corrected chi connectivity index (χ1v) is 19.9. The lowest BCUT2D eigenvalue weighted by atomic mass is 9.71. The van der Waals surface area contributed by atoms with Crippen LogP contribution in [0.5, 0.6) is 0 Å². The smallest absolute Gasteiger partial charge is 0.0378 e. The molecule has 0 N–H and O–H groups in total. The summed E-state index contributed by atoms with van der Waals surface area (Å²) in [7, 11) is 0. The van der Waals surface area contributed by atoms with Crippen molar-refractivity contribution in [3.63, 3.8) is 0 Å². The summed E-state index contributed by atoms with van der Waals surface area (Å²) in [6.07, 6.45) is 22.4. The lowest BCUT2D eigenvalue weighted by Gasteiger charge is -2.34. The number of hydrogen-bond donors (Lipinski definition) is 0. The van der Waals surface area contributed by atoms with Crippen LogP contribution >= 0.6 is 0 Å². The molecule has 0 radical (unpaired) electrons. The van der Waals surface area contributed by atoms with Gasteiger partial charge in [0.15, 0.2) is 0 Å². The highest BCUT2D eigenvalue weighted by atomic mass is 14.3. The highest BCUT2D eigenvalue weighted by Gasteiger charge is 2.27. The number of hydrogen-bond acceptors (Lipinski definition) is 0. The van der Waals surface area contributed by atoms with Gasteiger partial charge in [0, 0.05) is 12.3 Å². The average Bonchev–Trinajstić information content (AvgIpc) is 3.04. The van der Waals surface area contributed by atoms with Gasteiger partial charge in [-0.2, -0.15) is 0 Å². The van der Waals surface area contributed by atoms with Gasteiger partial charge in [-0.05, 0) is 108 Å². The van der Waals surface area contributed by atoms with Crippen molar-refractivity contribution < 1.29 is 0 Å². The van der Waals surface area contributed by atoms with Gasteiger partial charge < -0.3 is 0 Å². The molecule has 48 heavy (non-hydrogen) atoms. The Bertz CT molecular complexity index is 845. The topological polar surface area (TPSA) is 0 Å². The van der Waals surface area contributed by atoms with Crippen LogP contribution in [0.2, 0.25) is 0 Å². The second-order valence-electron chi connectivity index (χ2n) is 14.3. The molecular formula is C48H90. The van der Waals surface area contributed by atoms with E-state index in [2.05, 4.69) is 133 Å². The van der Waals surface area contributed by atoms with E-state index in [4.69, 9.17) is 0 Å². The van der Waals surface area contributed by atoms with Crippen LogP contribution in [0, 0.1) is 59.2 Å². The van der Waals surface area contributed by atoms with Crippen molar-refractivity contribution in [2.24, 2.45) is 47.3 Å². The fraction of sp³-hybridized carbons (Fsp3) is 0.708. The van der Waals surface area contributed by atoms with Crippen molar-refractivity contribution in [2.75, 3.05) is 0 Å². The standard InChI is InChI=1S/C15H24.C10H20.C9H14.C7H14.C3H6.2C2H6/c1-5-14-10-15(11-14)9-13(4)8-6-7-12(2)3;1-8(2)10-6-4-9(3)5-7-10;1-5-6-7-9(4)8(2)3;1-5-7(4)6(2)3;1-3-2;2*1-2/h6-8,14-15H,4-5,9-11H2,1-3H3;8-10H,4-7H2,1-3H3;9H,2,5H2,1,3-4H3;5-7H,1H2,2-4H3;3H,1H2,2H3;2*1-2H3/b8-6-;;;;;;. The van der Waals surface area contributed by atoms with E-state index < -0.39 is 0 Å². The summed E-state index contributed by atoms with van der Waals surface area (Å²) >= 11 is 0. The van der Waals surface area contributed by atoms with Crippen LogP contribution in [-0.4, -0.2) is 0 Å². The Morgan fingerprint density at radius 3 is 1.60 bits per heavy atom. The molecule has 2 unspecified atom stereocenters. The summed E-state index contributed by atoms with van der Waals surface area (Å²) in [4.78, 5) is 0. The highest BCUT2D eigenvalue weighted by Crippen LogP contribution is 2.39. The second-order valence-corrected chi connectivity index (χ2v) is 14.3. The van der Waals surface area contributed by atoms with Crippen LogP contribution in [0.1, 0.15) is 175 Å². The molecule has 2 saturated carbocycles. The van der Waals surface area contributed by atoms with E-state index in [1.807, 2.05) is 47.6 Å². The summed E-state index contributed by atoms with van der Waals surface area (Å²) in [6.45, 7) is 51.2. The molecule has 2 aliphatic rings. The molecule has 0 saturated heterocycles. The third-order valence-electron chi connectivity index (χ3n) is 8.88. The molecule has 0 amide bonds. The van der Waals surface area contributed by atoms with E-state index in [-0.39, 0.29) is 0 Å². The molecule has 0 bridgehead atoms. The lowest BCUT2D eigenvalue weighted by molar-refractivity contribution is 0.188. The average molecular weight is 667 g/mol. The van der Waals surface area contributed by atoms with Gasteiger partial charge >= 0.3 is 0 Å². The van der Waals surface area contributed by atoms with E-state index in [9.17, 15) is 0 Å². The monoisotopic (exact) mass is 667 g/mol. The third kappa shape index (κ3) is 38.4. The minimum Gasteiger partial charge on any atom is -0.103 e. The van der Waals surface area contributed by atoms with Crippen LogP contribution in [0.3, 0.4) is 0 Å². The van der Waals surface area contributed by atoms with Crippen molar-refractivity contribution in [2.45, 2.75) is 175 Å². The molecule has 282 valence electrons. The van der Waals surface area contributed by atoms with Crippen molar-refractivity contribution in [3.05, 3.63) is 73.4 Å². The predicted octanol–water partition coefficient (Wildman–Crippen LogP) is 16.7. The molecule has 0 aromatic heterocycles. The first-order chi connectivity index (χ1) is 22.6. The zero-order chi connectivity index (χ0) is 38.7. The largest absolute Gasteiger partial charge is 0.103 e. The Balaban J connectivity index is -0.000000166. The maximum atomic E-state index is 4.11. The summed E-state index contributed by atoms with van der Waals surface area (Å²) in [6, 6.07) is 0. The third-order valence-corrected chi connectivity index (χ3v) is 8.88. The molecular weight excluding hydrogens is 577 g/mol. The molecule has 0 aliphatic heterocycles. The minimum absolute atomic E-state index is 0.366. The van der Waals surface area contributed by atoms with Gasteiger partial charge in [-0.25, -0.2) is 0 Å². The molecule has 2 aliphatic carbocycles. The Hall–Kier alpha value is -2.00. The van der Waals surface area contributed by atoms with Crippen LogP contribution in [-0.2, 0) is 0 Å². The molecule has 0 spiro atoms. The van der Waals surface area contributed by atoms with Crippen molar-refractivity contribution in [1.82, 2.24) is 0 Å².